The van der Waals surface area contributed by atoms with Gasteiger partial charge in [0.2, 0.25) is 0 Å². The molecule has 1 aromatic carbocycles. The Labute approximate surface area is 148 Å². The van der Waals surface area contributed by atoms with Gasteiger partial charge in [0.1, 0.15) is 5.75 Å². The summed E-state index contributed by atoms with van der Waals surface area (Å²) in [6.45, 7) is 6.85. The summed E-state index contributed by atoms with van der Waals surface area (Å²) >= 11 is 11.9. The maximum atomic E-state index is 12.0. The van der Waals surface area contributed by atoms with Crippen LogP contribution in [0.3, 0.4) is 0 Å². The summed E-state index contributed by atoms with van der Waals surface area (Å²) < 4.78 is 5.47. The van der Waals surface area contributed by atoms with Crippen LogP contribution in [0.25, 0.3) is 0 Å². The van der Waals surface area contributed by atoms with Gasteiger partial charge in [0.25, 0.3) is 5.91 Å². The number of hydrogen-bond donors (Lipinski definition) is 1. The van der Waals surface area contributed by atoms with Gasteiger partial charge in [-0.2, -0.15) is 0 Å². The second-order valence-electron chi connectivity index (χ2n) is 7.35. The molecule has 0 atom stereocenters. The molecule has 1 saturated carbocycles. The number of amides is 1. The van der Waals surface area contributed by atoms with Crippen LogP contribution < -0.4 is 10.1 Å². The fraction of sp³-hybridized carbons (Fsp3) is 0.611. The average Bonchev–Trinajstić information content (AvgIpc) is 2.46. The van der Waals surface area contributed by atoms with Gasteiger partial charge in [-0.05, 0) is 55.2 Å². The Kier molecular flexibility index (Phi) is 6.21. The average molecular weight is 358 g/mol. The summed E-state index contributed by atoms with van der Waals surface area (Å²) in [5.74, 6) is 1.11. The molecular weight excluding hydrogens is 333 g/mol. The number of halogens is 2. The highest BCUT2D eigenvalue weighted by atomic mass is 35.5. The molecule has 1 aliphatic carbocycles. The maximum absolute atomic E-state index is 12.0. The lowest BCUT2D eigenvalue weighted by Gasteiger charge is -2.37. The van der Waals surface area contributed by atoms with Gasteiger partial charge in [0.15, 0.2) is 6.61 Å². The molecule has 23 heavy (non-hydrogen) atoms. The molecule has 3 nitrogen and oxygen atoms in total. The summed E-state index contributed by atoms with van der Waals surface area (Å²) in [5.41, 5.74) is 0.351. The van der Waals surface area contributed by atoms with Crippen molar-refractivity contribution in [3.05, 3.63) is 28.2 Å². The topological polar surface area (TPSA) is 38.3 Å². The monoisotopic (exact) mass is 357 g/mol. The van der Waals surface area contributed by atoms with Crippen LogP contribution in [0, 0.1) is 11.3 Å². The van der Waals surface area contributed by atoms with Crippen LogP contribution in [0.5, 0.6) is 5.75 Å². The number of benzene rings is 1. The van der Waals surface area contributed by atoms with Gasteiger partial charge in [-0.3, -0.25) is 4.79 Å². The van der Waals surface area contributed by atoms with Crippen LogP contribution in [0.4, 0.5) is 0 Å². The highest BCUT2D eigenvalue weighted by Crippen LogP contribution is 2.37. The van der Waals surface area contributed by atoms with E-state index >= 15 is 0 Å². The zero-order valence-corrected chi connectivity index (χ0v) is 15.5. The highest BCUT2D eigenvalue weighted by Gasteiger charge is 2.30. The van der Waals surface area contributed by atoms with Crippen molar-refractivity contribution in [1.82, 2.24) is 5.32 Å². The molecule has 0 unspecified atom stereocenters. The summed E-state index contributed by atoms with van der Waals surface area (Å²) in [7, 11) is 0. The molecule has 1 amide bonds. The number of rotatable bonds is 4. The van der Waals surface area contributed by atoms with Crippen LogP contribution in [-0.4, -0.2) is 18.6 Å². The van der Waals surface area contributed by atoms with E-state index in [0.717, 1.165) is 31.6 Å². The van der Waals surface area contributed by atoms with Gasteiger partial charge >= 0.3 is 0 Å². The molecule has 0 spiro atoms. The van der Waals surface area contributed by atoms with E-state index in [1.165, 1.54) is 0 Å². The standard InChI is InChI=1S/C18H25Cl2NO2/c1-18(2,3)12-4-7-14(8-5-12)21-17(22)11-23-16-9-6-13(19)10-15(16)20/h6,9-10,12,14H,4-5,7-8,11H2,1-3H3,(H,21,22). The van der Waals surface area contributed by atoms with E-state index in [9.17, 15) is 4.79 Å². The Bertz CT molecular complexity index is 546. The molecule has 0 heterocycles. The van der Waals surface area contributed by atoms with Gasteiger partial charge in [-0.1, -0.05) is 44.0 Å². The molecule has 1 aliphatic rings. The number of ether oxygens (including phenoxy) is 1. The third kappa shape index (κ3) is 5.58. The lowest BCUT2D eigenvalue weighted by molar-refractivity contribution is -0.124. The normalized spacial score (nSPS) is 21.8. The predicted octanol–water partition coefficient (Wildman–Crippen LogP) is 5.09. The molecule has 1 fully saturated rings. The van der Waals surface area contributed by atoms with Gasteiger partial charge in [-0.15, -0.1) is 0 Å². The summed E-state index contributed by atoms with van der Waals surface area (Å²) in [6.07, 6.45) is 4.40. The van der Waals surface area contributed by atoms with E-state index in [-0.39, 0.29) is 18.6 Å². The third-order valence-electron chi connectivity index (χ3n) is 4.57. The smallest absolute Gasteiger partial charge is 0.258 e. The molecule has 0 aromatic heterocycles. The SMILES string of the molecule is CC(C)(C)C1CCC(NC(=O)COc2ccc(Cl)cc2Cl)CC1. The van der Waals surface area contributed by atoms with E-state index in [4.69, 9.17) is 27.9 Å². The summed E-state index contributed by atoms with van der Waals surface area (Å²) in [5, 5.41) is 4.02. The highest BCUT2D eigenvalue weighted by molar-refractivity contribution is 6.35. The van der Waals surface area contributed by atoms with Gasteiger partial charge < -0.3 is 10.1 Å². The Morgan fingerprint density at radius 1 is 1.22 bits per heavy atom. The lowest BCUT2D eigenvalue weighted by Crippen LogP contribution is -2.41. The molecule has 0 radical (unpaired) electrons. The van der Waals surface area contributed by atoms with Crippen molar-refractivity contribution in [3.8, 4) is 5.75 Å². The van der Waals surface area contributed by atoms with Crippen LogP contribution >= 0.6 is 23.2 Å². The van der Waals surface area contributed by atoms with Gasteiger partial charge in [0, 0.05) is 11.1 Å². The molecule has 5 heteroatoms. The Morgan fingerprint density at radius 2 is 1.87 bits per heavy atom. The zero-order chi connectivity index (χ0) is 17.0. The fourth-order valence-corrected chi connectivity index (χ4v) is 3.57. The van der Waals surface area contributed by atoms with Crippen LogP contribution in [0.1, 0.15) is 46.5 Å². The van der Waals surface area contributed by atoms with Crippen molar-refractivity contribution in [2.75, 3.05) is 6.61 Å². The van der Waals surface area contributed by atoms with E-state index < -0.39 is 0 Å². The van der Waals surface area contributed by atoms with Gasteiger partial charge in [-0.25, -0.2) is 0 Å². The molecule has 1 N–H and O–H groups in total. The van der Waals surface area contributed by atoms with Crippen LogP contribution in [-0.2, 0) is 4.79 Å². The zero-order valence-electron chi connectivity index (χ0n) is 14.0. The molecular formula is C18H25Cl2NO2. The first-order chi connectivity index (χ1) is 10.8. The Morgan fingerprint density at radius 3 is 2.43 bits per heavy atom. The van der Waals surface area contributed by atoms with E-state index in [1.807, 2.05) is 0 Å². The Balaban J connectivity index is 1.75. The fourth-order valence-electron chi connectivity index (χ4n) is 3.11. The maximum Gasteiger partial charge on any atom is 0.258 e. The van der Waals surface area contributed by atoms with Crippen molar-refractivity contribution in [2.45, 2.75) is 52.5 Å². The largest absolute Gasteiger partial charge is 0.482 e. The van der Waals surface area contributed by atoms with Crippen molar-refractivity contribution in [3.63, 3.8) is 0 Å². The minimum absolute atomic E-state index is 0.0272. The lowest BCUT2D eigenvalue weighted by atomic mass is 9.71. The first-order valence-electron chi connectivity index (χ1n) is 8.13. The van der Waals surface area contributed by atoms with Crippen molar-refractivity contribution in [2.24, 2.45) is 11.3 Å². The van der Waals surface area contributed by atoms with Crippen molar-refractivity contribution in [1.29, 1.82) is 0 Å². The summed E-state index contributed by atoms with van der Waals surface area (Å²) in [6, 6.07) is 5.22. The van der Waals surface area contributed by atoms with E-state index in [1.54, 1.807) is 18.2 Å². The van der Waals surface area contributed by atoms with Crippen LogP contribution in [0.15, 0.2) is 18.2 Å². The van der Waals surface area contributed by atoms with E-state index in [0.29, 0.717) is 21.2 Å². The van der Waals surface area contributed by atoms with Crippen molar-refractivity contribution >= 4 is 29.1 Å². The minimum atomic E-state index is -0.102. The number of hydrogen-bond acceptors (Lipinski definition) is 2. The quantitative estimate of drug-likeness (QED) is 0.814. The Hall–Kier alpha value is -0.930. The first kappa shape index (κ1) is 18.4. The molecule has 1 aromatic rings. The van der Waals surface area contributed by atoms with Gasteiger partial charge in [0.05, 0.1) is 5.02 Å². The molecule has 0 aliphatic heterocycles. The minimum Gasteiger partial charge on any atom is -0.482 e. The van der Waals surface area contributed by atoms with E-state index in [2.05, 4.69) is 26.1 Å². The first-order valence-corrected chi connectivity index (χ1v) is 8.88. The second-order valence-corrected chi connectivity index (χ2v) is 8.19. The molecule has 0 saturated heterocycles. The van der Waals surface area contributed by atoms with Crippen molar-refractivity contribution < 1.29 is 9.53 Å². The molecule has 128 valence electrons. The number of carbonyl (C=O) groups excluding carboxylic acids is 1. The third-order valence-corrected chi connectivity index (χ3v) is 5.10. The second kappa shape index (κ2) is 7.76. The number of nitrogens with one attached hydrogen (secondary N) is 1. The predicted molar refractivity (Wildman–Crippen MR) is 95.3 cm³/mol. The van der Waals surface area contributed by atoms with Crippen LogP contribution in [0.2, 0.25) is 10.0 Å². The summed E-state index contributed by atoms with van der Waals surface area (Å²) in [4.78, 5) is 12.0. The number of carbonyl (C=O) groups is 1. The molecule has 2 rings (SSSR count). The molecule has 0 bridgehead atoms.